The third kappa shape index (κ3) is 4.34. The Morgan fingerprint density at radius 2 is 2.00 bits per heavy atom. The van der Waals surface area contributed by atoms with Crippen molar-refractivity contribution in [2.24, 2.45) is 0 Å². The lowest BCUT2D eigenvalue weighted by molar-refractivity contribution is -0.128. The molecule has 1 saturated heterocycles. The molecule has 1 aliphatic heterocycles. The average molecular weight is 391 g/mol. The van der Waals surface area contributed by atoms with Crippen molar-refractivity contribution in [2.45, 2.75) is 32.4 Å². The lowest BCUT2D eigenvalue weighted by atomic mass is 10.1. The minimum atomic E-state index is -0.684. The lowest BCUT2D eigenvalue weighted by Crippen LogP contribution is -2.24. The Bertz CT molecular complexity index is 1020. The summed E-state index contributed by atoms with van der Waals surface area (Å²) in [4.78, 5) is 26.2. The molecule has 3 aromatic rings. The molecule has 1 aliphatic rings. The summed E-state index contributed by atoms with van der Waals surface area (Å²) in [6.45, 7) is 2.94. The Morgan fingerprint density at radius 1 is 1.17 bits per heavy atom. The average Bonchev–Trinajstić information content (AvgIpc) is 3.39. The highest BCUT2D eigenvalue weighted by molar-refractivity contribution is 5.89. The monoisotopic (exact) mass is 391 g/mol. The Labute approximate surface area is 168 Å². The Morgan fingerprint density at radius 3 is 2.76 bits per heavy atom. The summed E-state index contributed by atoms with van der Waals surface area (Å²) in [5.41, 5.74) is 2.12. The number of aromatic nitrogens is 2. The molecule has 0 spiro atoms. The first-order chi connectivity index (χ1) is 14.1. The summed E-state index contributed by atoms with van der Waals surface area (Å²) < 4.78 is 11.2. The molecule has 148 valence electrons. The number of carbonyl (C=O) groups excluding carboxylic acids is 2. The molecule has 0 saturated carbocycles. The molecular weight excluding hydrogens is 370 g/mol. The van der Waals surface area contributed by atoms with Crippen molar-refractivity contribution >= 4 is 11.9 Å². The lowest BCUT2D eigenvalue weighted by Gasteiger charge is -2.16. The van der Waals surface area contributed by atoms with Crippen molar-refractivity contribution in [3.63, 3.8) is 0 Å². The number of benzene rings is 2. The maximum Gasteiger partial charge on any atom is 0.338 e. The van der Waals surface area contributed by atoms with Crippen molar-refractivity contribution in [3.05, 3.63) is 71.6 Å². The molecule has 7 heteroatoms. The zero-order valence-electron chi connectivity index (χ0n) is 16.1. The Hall–Kier alpha value is -3.48. The van der Waals surface area contributed by atoms with Crippen LogP contribution >= 0.6 is 0 Å². The minimum absolute atomic E-state index is 0.150. The first-order valence-electron chi connectivity index (χ1n) is 9.56. The molecule has 0 radical (unpaired) electrons. The fourth-order valence-electron chi connectivity index (χ4n) is 3.26. The number of hydrogen-bond donors (Lipinski definition) is 0. The molecule has 0 N–H and O–H groups in total. The van der Waals surface area contributed by atoms with Gasteiger partial charge in [0.1, 0.15) is 0 Å². The second-order valence-electron chi connectivity index (χ2n) is 6.98. The largest absolute Gasteiger partial charge is 0.449 e. The Balaban J connectivity index is 1.42. The van der Waals surface area contributed by atoms with Crippen LogP contribution in [0.3, 0.4) is 0 Å². The molecule has 1 aromatic heterocycles. The summed E-state index contributed by atoms with van der Waals surface area (Å²) in [5, 5.41) is 8.02. The second kappa shape index (κ2) is 8.26. The van der Waals surface area contributed by atoms with Gasteiger partial charge in [0.25, 0.3) is 5.89 Å². The van der Waals surface area contributed by atoms with Crippen LogP contribution in [0, 0.1) is 0 Å². The van der Waals surface area contributed by atoms with Crippen molar-refractivity contribution in [3.8, 4) is 11.5 Å². The van der Waals surface area contributed by atoms with Crippen molar-refractivity contribution < 1.29 is 18.7 Å². The fraction of sp³-hybridized carbons (Fsp3) is 0.273. The molecule has 1 amide bonds. The molecule has 2 heterocycles. The van der Waals surface area contributed by atoms with E-state index in [2.05, 4.69) is 10.2 Å². The van der Waals surface area contributed by atoms with Crippen LogP contribution in [-0.2, 0) is 16.1 Å². The van der Waals surface area contributed by atoms with E-state index in [-0.39, 0.29) is 11.8 Å². The van der Waals surface area contributed by atoms with Crippen LogP contribution in [0.4, 0.5) is 0 Å². The summed E-state index contributed by atoms with van der Waals surface area (Å²) in [5.74, 6) is 0.278. The molecule has 7 nitrogen and oxygen atoms in total. The van der Waals surface area contributed by atoms with E-state index in [0.717, 1.165) is 24.1 Å². The van der Waals surface area contributed by atoms with Crippen LogP contribution in [-0.4, -0.2) is 33.5 Å². The molecule has 1 fully saturated rings. The van der Waals surface area contributed by atoms with Gasteiger partial charge in [0.2, 0.25) is 11.8 Å². The number of amides is 1. The number of ether oxygens (including phenoxy) is 1. The highest BCUT2D eigenvalue weighted by Crippen LogP contribution is 2.23. The first kappa shape index (κ1) is 18.9. The molecule has 0 aliphatic carbocycles. The minimum Gasteiger partial charge on any atom is -0.449 e. The standard InChI is InChI=1S/C22H21N3O4/c1-15(20-23-24-21(29-20)17-8-3-2-4-9-17)28-22(27)18-10-5-7-16(13-18)14-25-12-6-11-19(25)26/h2-5,7-10,13,15H,6,11-12,14H2,1H3. The first-order valence-corrected chi connectivity index (χ1v) is 9.56. The van der Waals surface area contributed by atoms with Gasteiger partial charge in [0.15, 0.2) is 6.10 Å². The molecule has 1 unspecified atom stereocenters. The van der Waals surface area contributed by atoms with Crippen LogP contribution < -0.4 is 0 Å². The zero-order chi connectivity index (χ0) is 20.2. The molecule has 29 heavy (non-hydrogen) atoms. The van der Waals surface area contributed by atoms with E-state index in [9.17, 15) is 9.59 Å². The van der Waals surface area contributed by atoms with E-state index in [1.807, 2.05) is 36.4 Å². The van der Waals surface area contributed by atoms with E-state index in [4.69, 9.17) is 9.15 Å². The zero-order valence-corrected chi connectivity index (χ0v) is 16.1. The quantitative estimate of drug-likeness (QED) is 0.595. The molecule has 0 bridgehead atoms. The van der Waals surface area contributed by atoms with Crippen LogP contribution in [0.5, 0.6) is 0 Å². The second-order valence-corrected chi connectivity index (χ2v) is 6.98. The third-order valence-corrected chi connectivity index (χ3v) is 4.80. The van der Waals surface area contributed by atoms with Gasteiger partial charge >= 0.3 is 5.97 Å². The van der Waals surface area contributed by atoms with Gasteiger partial charge in [0, 0.05) is 25.1 Å². The van der Waals surface area contributed by atoms with Gasteiger partial charge in [-0.2, -0.15) is 0 Å². The van der Waals surface area contributed by atoms with Gasteiger partial charge in [-0.3, -0.25) is 4.79 Å². The predicted octanol–water partition coefficient (Wildman–Crippen LogP) is 3.78. The number of hydrogen-bond acceptors (Lipinski definition) is 6. The number of carbonyl (C=O) groups is 2. The van der Waals surface area contributed by atoms with Crippen LogP contribution in [0.1, 0.15) is 47.7 Å². The normalized spacial score (nSPS) is 14.8. The van der Waals surface area contributed by atoms with Gasteiger partial charge in [-0.1, -0.05) is 30.3 Å². The summed E-state index contributed by atoms with van der Waals surface area (Å²) in [7, 11) is 0. The van der Waals surface area contributed by atoms with E-state index >= 15 is 0 Å². The van der Waals surface area contributed by atoms with Gasteiger partial charge < -0.3 is 14.1 Å². The number of rotatable bonds is 6. The Kier molecular flexibility index (Phi) is 5.37. The summed E-state index contributed by atoms with van der Waals surface area (Å²) in [6.07, 6.45) is 0.790. The van der Waals surface area contributed by atoms with E-state index in [1.165, 1.54) is 0 Å². The van der Waals surface area contributed by atoms with Gasteiger partial charge in [-0.05, 0) is 43.2 Å². The van der Waals surface area contributed by atoms with E-state index in [0.29, 0.717) is 24.4 Å². The van der Waals surface area contributed by atoms with Crippen molar-refractivity contribution in [1.82, 2.24) is 15.1 Å². The molecular formula is C22H21N3O4. The third-order valence-electron chi connectivity index (χ3n) is 4.80. The number of esters is 1. The number of likely N-dealkylation sites (tertiary alicyclic amines) is 1. The maximum absolute atomic E-state index is 12.6. The summed E-state index contributed by atoms with van der Waals surface area (Å²) >= 11 is 0. The van der Waals surface area contributed by atoms with Gasteiger partial charge in [0.05, 0.1) is 5.56 Å². The van der Waals surface area contributed by atoms with Crippen LogP contribution in [0.2, 0.25) is 0 Å². The number of nitrogens with zero attached hydrogens (tertiary/aromatic N) is 3. The topological polar surface area (TPSA) is 85.5 Å². The van der Waals surface area contributed by atoms with Gasteiger partial charge in [-0.15, -0.1) is 10.2 Å². The molecule has 1 atom stereocenters. The molecule has 2 aromatic carbocycles. The molecule has 4 rings (SSSR count). The van der Waals surface area contributed by atoms with E-state index in [1.54, 1.807) is 30.0 Å². The van der Waals surface area contributed by atoms with Crippen molar-refractivity contribution in [1.29, 1.82) is 0 Å². The fourth-order valence-corrected chi connectivity index (χ4v) is 3.26. The highest BCUT2D eigenvalue weighted by Gasteiger charge is 2.22. The predicted molar refractivity (Wildman–Crippen MR) is 105 cm³/mol. The van der Waals surface area contributed by atoms with E-state index < -0.39 is 12.1 Å². The van der Waals surface area contributed by atoms with Gasteiger partial charge in [-0.25, -0.2) is 4.79 Å². The smallest absolute Gasteiger partial charge is 0.338 e. The summed E-state index contributed by atoms with van der Waals surface area (Å²) in [6, 6.07) is 16.5. The van der Waals surface area contributed by atoms with Crippen molar-refractivity contribution in [2.75, 3.05) is 6.54 Å². The highest BCUT2D eigenvalue weighted by atomic mass is 16.6. The SMILES string of the molecule is CC(OC(=O)c1cccc(CN2CCCC2=O)c1)c1nnc(-c2ccccc2)o1. The van der Waals surface area contributed by atoms with Crippen LogP contribution in [0.15, 0.2) is 59.0 Å². The van der Waals surface area contributed by atoms with Crippen LogP contribution in [0.25, 0.3) is 11.5 Å². The maximum atomic E-state index is 12.6.